The van der Waals surface area contributed by atoms with Crippen molar-refractivity contribution in [2.75, 3.05) is 7.11 Å². The first-order valence-corrected chi connectivity index (χ1v) is 5.24. The van der Waals surface area contributed by atoms with Gasteiger partial charge in [0, 0.05) is 0 Å². The quantitative estimate of drug-likeness (QED) is 0.806. The third kappa shape index (κ3) is 1.76. The van der Waals surface area contributed by atoms with E-state index in [0.717, 1.165) is 22.8 Å². The second-order valence-corrected chi connectivity index (χ2v) is 3.84. The van der Waals surface area contributed by atoms with Crippen molar-refractivity contribution in [2.24, 2.45) is 0 Å². The average Bonchev–Trinajstić information content (AvgIpc) is 2.58. The molecule has 1 heterocycles. The van der Waals surface area contributed by atoms with Gasteiger partial charge in [0.25, 0.3) is 0 Å². The lowest BCUT2D eigenvalue weighted by atomic mass is 10.2. The minimum Gasteiger partial charge on any atom is -0.496 e. The van der Waals surface area contributed by atoms with Gasteiger partial charge in [-0.15, -0.1) is 10.2 Å². The zero-order chi connectivity index (χ0) is 11.7. The summed E-state index contributed by atoms with van der Waals surface area (Å²) in [4.78, 5) is 0. The highest BCUT2D eigenvalue weighted by molar-refractivity contribution is 6.28. The van der Waals surface area contributed by atoms with E-state index in [-0.39, 0.29) is 0 Å². The third-order valence-electron chi connectivity index (χ3n) is 2.42. The average molecular weight is 238 g/mol. The Morgan fingerprint density at radius 1 is 1.25 bits per heavy atom. The lowest BCUT2D eigenvalue weighted by molar-refractivity contribution is 0.411. The Labute approximate surface area is 98.8 Å². The molecule has 0 radical (unpaired) electrons. The smallest absolute Gasteiger partial charge is 0.229 e. The van der Waals surface area contributed by atoms with Crippen LogP contribution in [0.3, 0.4) is 0 Å². The second kappa shape index (κ2) is 4.14. The molecule has 2 aromatic rings. The molecule has 0 aliphatic heterocycles. The van der Waals surface area contributed by atoms with Crippen molar-refractivity contribution < 1.29 is 4.74 Å². The minimum absolute atomic E-state index is 0.363. The van der Waals surface area contributed by atoms with E-state index < -0.39 is 0 Å². The number of rotatable bonds is 2. The minimum atomic E-state index is 0.363. The van der Waals surface area contributed by atoms with Crippen LogP contribution in [0.1, 0.15) is 11.4 Å². The third-order valence-corrected chi connectivity index (χ3v) is 2.67. The van der Waals surface area contributed by atoms with Gasteiger partial charge in [-0.25, -0.2) is 0 Å². The van der Waals surface area contributed by atoms with Gasteiger partial charge in [0.15, 0.2) is 0 Å². The number of halogens is 1. The van der Waals surface area contributed by atoms with Crippen molar-refractivity contribution in [3.8, 4) is 11.4 Å². The predicted molar refractivity (Wildman–Crippen MR) is 62.4 cm³/mol. The molecule has 0 fully saturated rings. The molecule has 0 N–H and O–H groups in total. The highest BCUT2D eigenvalue weighted by atomic mass is 35.5. The normalized spacial score (nSPS) is 10.5. The van der Waals surface area contributed by atoms with Gasteiger partial charge in [0.2, 0.25) is 5.28 Å². The molecule has 84 valence electrons. The fourth-order valence-corrected chi connectivity index (χ4v) is 1.89. The molecule has 1 aromatic carbocycles. The highest BCUT2D eigenvalue weighted by Crippen LogP contribution is 2.23. The van der Waals surface area contributed by atoms with E-state index in [9.17, 15) is 0 Å². The molecule has 16 heavy (non-hydrogen) atoms. The summed E-state index contributed by atoms with van der Waals surface area (Å²) < 4.78 is 6.99. The van der Waals surface area contributed by atoms with Gasteiger partial charge in [0.05, 0.1) is 12.8 Å². The predicted octanol–water partition coefficient (Wildman–Crippen LogP) is 2.55. The molecule has 0 aliphatic carbocycles. The Hall–Kier alpha value is -1.55. The lowest BCUT2D eigenvalue weighted by Gasteiger charge is -2.09. The second-order valence-electron chi connectivity index (χ2n) is 3.51. The van der Waals surface area contributed by atoms with Gasteiger partial charge in [-0.3, -0.25) is 4.57 Å². The summed E-state index contributed by atoms with van der Waals surface area (Å²) in [6.07, 6.45) is 0. The molecular formula is C11H12ClN3O. The molecule has 0 unspecified atom stereocenters. The molecule has 5 heteroatoms. The van der Waals surface area contributed by atoms with Crippen LogP contribution in [-0.4, -0.2) is 21.9 Å². The largest absolute Gasteiger partial charge is 0.496 e. The van der Waals surface area contributed by atoms with Crippen molar-refractivity contribution in [1.29, 1.82) is 0 Å². The maximum Gasteiger partial charge on any atom is 0.229 e. The SMILES string of the molecule is COc1ccc(-n2c(C)nnc2Cl)cc1C. The van der Waals surface area contributed by atoms with E-state index in [0.29, 0.717) is 5.28 Å². The van der Waals surface area contributed by atoms with Gasteiger partial charge in [-0.05, 0) is 49.2 Å². The number of aromatic nitrogens is 3. The molecule has 0 bridgehead atoms. The summed E-state index contributed by atoms with van der Waals surface area (Å²) >= 11 is 5.96. The highest BCUT2D eigenvalue weighted by Gasteiger charge is 2.09. The van der Waals surface area contributed by atoms with E-state index in [1.165, 1.54) is 0 Å². The van der Waals surface area contributed by atoms with Gasteiger partial charge in [-0.2, -0.15) is 0 Å². The molecule has 4 nitrogen and oxygen atoms in total. The molecule has 1 aromatic heterocycles. The zero-order valence-corrected chi connectivity index (χ0v) is 10.1. The summed E-state index contributed by atoms with van der Waals surface area (Å²) in [5.74, 6) is 1.61. The van der Waals surface area contributed by atoms with Crippen molar-refractivity contribution in [3.63, 3.8) is 0 Å². The van der Waals surface area contributed by atoms with Crippen LogP contribution in [0.2, 0.25) is 5.28 Å². The Morgan fingerprint density at radius 3 is 2.50 bits per heavy atom. The fraction of sp³-hybridized carbons (Fsp3) is 0.273. The number of ether oxygens (including phenoxy) is 1. The first-order chi connectivity index (χ1) is 7.63. The van der Waals surface area contributed by atoms with Crippen molar-refractivity contribution >= 4 is 11.6 Å². The van der Waals surface area contributed by atoms with Crippen LogP contribution in [0.5, 0.6) is 5.75 Å². The van der Waals surface area contributed by atoms with Crippen molar-refractivity contribution in [1.82, 2.24) is 14.8 Å². The van der Waals surface area contributed by atoms with Gasteiger partial charge >= 0.3 is 0 Å². The van der Waals surface area contributed by atoms with Crippen LogP contribution in [0.15, 0.2) is 18.2 Å². The standard InChI is InChI=1S/C11H12ClN3O/c1-7-6-9(4-5-10(7)16-3)15-8(2)13-14-11(15)12/h4-6H,1-3H3. The van der Waals surface area contributed by atoms with Crippen LogP contribution in [0, 0.1) is 13.8 Å². The number of hydrogen-bond donors (Lipinski definition) is 0. The molecular weight excluding hydrogens is 226 g/mol. The Morgan fingerprint density at radius 2 is 2.00 bits per heavy atom. The summed E-state index contributed by atoms with van der Waals surface area (Å²) in [6, 6.07) is 5.82. The Bertz CT molecular complexity index is 502. The van der Waals surface area contributed by atoms with Crippen LogP contribution in [-0.2, 0) is 0 Å². The summed E-state index contributed by atoms with van der Waals surface area (Å²) in [5.41, 5.74) is 1.98. The number of methoxy groups -OCH3 is 1. The van der Waals surface area contributed by atoms with Crippen molar-refractivity contribution in [2.45, 2.75) is 13.8 Å². The van der Waals surface area contributed by atoms with Gasteiger partial charge in [0.1, 0.15) is 11.6 Å². The Kier molecular flexibility index (Phi) is 2.83. The monoisotopic (exact) mass is 237 g/mol. The topological polar surface area (TPSA) is 39.9 Å². The summed E-state index contributed by atoms with van der Waals surface area (Å²) in [5, 5.41) is 8.09. The maximum atomic E-state index is 5.96. The van der Waals surface area contributed by atoms with Gasteiger partial charge < -0.3 is 4.74 Å². The van der Waals surface area contributed by atoms with Crippen LogP contribution in [0.4, 0.5) is 0 Å². The number of aryl methyl sites for hydroxylation is 2. The maximum absolute atomic E-state index is 5.96. The van der Waals surface area contributed by atoms with Crippen molar-refractivity contribution in [3.05, 3.63) is 34.9 Å². The zero-order valence-electron chi connectivity index (χ0n) is 9.36. The van der Waals surface area contributed by atoms with Crippen LogP contribution >= 0.6 is 11.6 Å². The van der Waals surface area contributed by atoms with Gasteiger partial charge in [-0.1, -0.05) is 0 Å². The van der Waals surface area contributed by atoms with E-state index >= 15 is 0 Å². The molecule has 0 aliphatic rings. The molecule has 0 saturated carbocycles. The molecule has 2 rings (SSSR count). The van der Waals surface area contributed by atoms with E-state index in [1.807, 2.05) is 32.0 Å². The van der Waals surface area contributed by atoms with Crippen LogP contribution in [0.25, 0.3) is 5.69 Å². The van der Waals surface area contributed by atoms with E-state index in [2.05, 4.69) is 10.2 Å². The summed E-state index contributed by atoms with van der Waals surface area (Å²) in [7, 11) is 1.65. The first kappa shape index (κ1) is 11.0. The first-order valence-electron chi connectivity index (χ1n) is 4.86. The Balaban J connectivity index is 2.53. The molecule has 0 amide bonds. The lowest BCUT2D eigenvalue weighted by Crippen LogP contribution is -1.98. The summed E-state index contributed by atoms with van der Waals surface area (Å²) in [6.45, 7) is 3.84. The fourth-order valence-electron chi connectivity index (χ4n) is 1.63. The number of nitrogens with zero attached hydrogens (tertiary/aromatic N) is 3. The molecule has 0 saturated heterocycles. The van der Waals surface area contributed by atoms with E-state index in [4.69, 9.17) is 16.3 Å². The molecule has 0 atom stereocenters. The molecule has 0 spiro atoms. The van der Waals surface area contributed by atoms with E-state index in [1.54, 1.807) is 11.7 Å². The number of benzene rings is 1. The van der Waals surface area contributed by atoms with Crippen LogP contribution < -0.4 is 4.74 Å². The number of hydrogen-bond acceptors (Lipinski definition) is 3.